The SMILES string of the molecule is CN(C)c1ccc(NC(=O)C(=O)NCCc2ccc(C(C)(C)C)cc2)cn1. The van der Waals surface area contributed by atoms with Gasteiger partial charge in [0.1, 0.15) is 5.82 Å². The molecule has 1 aromatic carbocycles. The Bertz CT molecular complexity index is 775. The zero-order chi connectivity index (χ0) is 20.0. The highest BCUT2D eigenvalue weighted by atomic mass is 16.2. The summed E-state index contributed by atoms with van der Waals surface area (Å²) in [4.78, 5) is 30.0. The highest BCUT2D eigenvalue weighted by molar-refractivity contribution is 6.39. The van der Waals surface area contributed by atoms with E-state index >= 15 is 0 Å². The topological polar surface area (TPSA) is 74.3 Å². The van der Waals surface area contributed by atoms with E-state index in [9.17, 15) is 9.59 Å². The Morgan fingerprint density at radius 3 is 2.19 bits per heavy atom. The molecule has 6 heteroatoms. The average Bonchev–Trinajstić information content (AvgIpc) is 2.61. The highest BCUT2D eigenvalue weighted by Gasteiger charge is 2.14. The van der Waals surface area contributed by atoms with Gasteiger partial charge in [-0.1, -0.05) is 45.0 Å². The summed E-state index contributed by atoms with van der Waals surface area (Å²) in [5.74, 6) is -0.578. The van der Waals surface area contributed by atoms with Gasteiger partial charge in [-0.25, -0.2) is 4.98 Å². The number of benzene rings is 1. The van der Waals surface area contributed by atoms with Gasteiger partial charge in [0.2, 0.25) is 0 Å². The molecule has 0 aliphatic carbocycles. The molecule has 2 rings (SSSR count). The van der Waals surface area contributed by atoms with E-state index in [-0.39, 0.29) is 5.41 Å². The van der Waals surface area contributed by atoms with E-state index in [0.29, 0.717) is 18.7 Å². The largest absolute Gasteiger partial charge is 0.363 e. The van der Waals surface area contributed by atoms with Crippen LogP contribution in [0.2, 0.25) is 0 Å². The molecule has 144 valence electrons. The zero-order valence-corrected chi connectivity index (χ0v) is 16.7. The van der Waals surface area contributed by atoms with Gasteiger partial charge in [0.25, 0.3) is 0 Å². The highest BCUT2D eigenvalue weighted by Crippen LogP contribution is 2.22. The van der Waals surface area contributed by atoms with Crippen LogP contribution < -0.4 is 15.5 Å². The first-order chi connectivity index (χ1) is 12.7. The summed E-state index contributed by atoms with van der Waals surface area (Å²) in [6.07, 6.45) is 2.19. The van der Waals surface area contributed by atoms with E-state index in [0.717, 1.165) is 11.4 Å². The first-order valence-electron chi connectivity index (χ1n) is 8.99. The minimum absolute atomic E-state index is 0.116. The number of nitrogens with one attached hydrogen (secondary N) is 2. The number of aromatic nitrogens is 1. The van der Waals surface area contributed by atoms with Crippen molar-refractivity contribution in [2.45, 2.75) is 32.6 Å². The monoisotopic (exact) mass is 368 g/mol. The van der Waals surface area contributed by atoms with E-state index in [4.69, 9.17) is 0 Å². The Morgan fingerprint density at radius 1 is 1.00 bits per heavy atom. The maximum Gasteiger partial charge on any atom is 0.313 e. The van der Waals surface area contributed by atoms with Crippen molar-refractivity contribution in [2.24, 2.45) is 0 Å². The fourth-order valence-electron chi connectivity index (χ4n) is 2.48. The van der Waals surface area contributed by atoms with E-state index < -0.39 is 11.8 Å². The van der Waals surface area contributed by atoms with Gasteiger partial charge >= 0.3 is 11.8 Å². The minimum atomic E-state index is -0.697. The van der Waals surface area contributed by atoms with Crippen molar-refractivity contribution in [3.8, 4) is 0 Å². The molecule has 27 heavy (non-hydrogen) atoms. The van der Waals surface area contributed by atoms with E-state index in [1.54, 1.807) is 12.1 Å². The summed E-state index contributed by atoms with van der Waals surface area (Å²) in [6, 6.07) is 11.8. The summed E-state index contributed by atoms with van der Waals surface area (Å²) >= 11 is 0. The molecule has 0 spiro atoms. The first-order valence-corrected chi connectivity index (χ1v) is 8.99. The quantitative estimate of drug-likeness (QED) is 0.796. The first kappa shape index (κ1) is 20.4. The molecule has 2 N–H and O–H groups in total. The molecule has 0 bridgehead atoms. The third-order valence-electron chi connectivity index (χ3n) is 4.19. The van der Waals surface area contributed by atoms with Crippen molar-refractivity contribution in [3.05, 3.63) is 53.7 Å². The number of pyridine rings is 1. The number of carbonyl (C=O) groups is 2. The smallest absolute Gasteiger partial charge is 0.313 e. The lowest BCUT2D eigenvalue weighted by Gasteiger charge is -2.19. The molecule has 2 aromatic rings. The second-order valence-corrected chi connectivity index (χ2v) is 7.71. The molecule has 0 fully saturated rings. The Morgan fingerprint density at radius 2 is 1.67 bits per heavy atom. The molecule has 0 atom stereocenters. The molecular formula is C21H28N4O2. The third-order valence-corrected chi connectivity index (χ3v) is 4.19. The predicted octanol–water partition coefficient (Wildman–Crippen LogP) is 2.74. The molecule has 0 aliphatic rings. The Kier molecular flexibility index (Phi) is 6.55. The van der Waals surface area contributed by atoms with Crippen LogP contribution in [0.25, 0.3) is 0 Å². The van der Waals surface area contributed by atoms with Gasteiger partial charge in [-0.15, -0.1) is 0 Å². The van der Waals surface area contributed by atoms with E-state index in [2.05, 4.69) is 60.7 Å². The van der Waals surface area contributed by atoms with Gasteiger partial charge < -0.3 is 15.5 Å². The van der Waals surface area contributed by atoms with Gasteiger partial charge in [0.05, 0.1) is 11.9 Å². The van der Waals surface area contributed by atoms with Gasteiger partial charge in [0.15, 0.2) is 0 Å². The number of amides is 2. The Labute approximate surface area is 161 Å². The maximum absolute atomic E-state index is 12.0. The van der Waals surface area contributed by atoms with Crippen molar-refractivity contribution < 1.29 is 9.59 Å². The molecule has 1 heterocycles. The molecule has 0 unspecified atom stereocenters. The second kappa shape index (κ2) is 8.66. The van der Waals surface area contributed by atoms with Crippen LogP contribution in [0.1, 0.15) is 31.9 Å². The van der Waals surface area contributed by atoms with Crippen molar-refractivity contribution >= 4 is 23.3 Å². The standard InChI is InChI=1S/C21H28N4O2/c1-21(2,3)16-8-6-15(7-9-16)12-13-22-19(26)20(27)24-17-10-11-18(23-14-17)25(4)5/h6-11,14H,12-13H2,1-5H3,(H,22,26)(H,24,27). The number of nitrogens with zero attached hydrogens (tertiary/aromatic N) is 2. The fourth-order valence-corrected chi connectivity index (χ4v) is 2.48. The van der Waals surface area contributed by atoms with Gasteiger partial charge in [-0.3, -0.25) is 9.59 Å². The molecule has 2 amide bonds. The predicted molar refractivity (Wildman–Crippen MR) is 109 cm³/mol. The van der Waals surface area contributed by atoms with Crippen molar-refractivity contribution in [1.29, 1.82) is 0 Å². The van der Waals surface area contributed by atoms with Crippen LogP contribution in [-0.4, -0.2) is 37.4 Å². The van der Waals surface area contributed by atoms with Gasteiger partial charge in [-0.2, -0.15) is 0 Å². The Balaban J connectivity index is 1.80. The maximum atomic E-state index is 12.0. The van der Waals surface area contributed by atoms with E-state index in [1.807, 2.05) is 19.0 Å². The van der Waals surface area contributed by atoms with Crippen molar-refractivity contribution in [3.63, 3.8) is 0 Å². The van der Waals surface area contributed by atoms with Gasteiger partial charge in [-0.05, 0) is 35.1 Å². The molecule has 0 radical (unpaired) electrons. The van der Waals surface area contributed by atoms with E-state index in [1.165, 1.54) is 11.8 Å². The second-order valence-electron chi connectivity index (χ2n) is 7.71. The summed E-state index contributed by atoms with van der Waals surface area (Å²) < 4.78 is 0. The number of rotatable bonds is 5. The van der Waals surface area contributed by atoms with Crippen molar-refractivity contribution in [1.82, 2.24) is 10.3 Å². The molecule has 6 nitrogen and oxygen atoms in total. The van der Waals surface area contributed by atoms with Crippen LogP contribution in [0.15, 0.2) is 42.6 Å². The molecular weight excluding hydrogens is 340 g/mol. The van der Waals surface area contributed by atoms with Crippen LogP contribution >= 0.6 is 0 Å². The van der Waals surface area contributed by atoms with Gasteiger partial charge in [0, 0.05) is 20.6 Å². The zero-order valence-electron chi connectivity index (χ0n) is 16.7. The molecule has 1 aromatic heterocycles. The summed E-state index contributed by atoms with van der Waals surface area (Å²) in [6.45, 7) is 6.91. The Hall–Kier alpha value is -2.89. The van der Waals surface area contributed by atoms with Crippen LogP contribution in [0.3, 0.4) is 0 Å². The normalized spacial score (nSPS) is 11.0. The summed E-state index contributed by atoms with van der Waals surface area (Å²) in [7, 11) is 3.76. The molecule has 0 saturated carbocycles. The average molecular weight is 368 g/mol. The molecule has 0 saturated heterocycles. The van der Waals surface area contributed by atoms with Crippen LogP contribution in [-0.2, 0) is 21.4 Å². The number of hydrogen-bond acceptors (Lipinski definition) is 4. The summed E-state index contributed by atoms with van der Waals surface area (Å²) in [5, 5.41) is 5.19. The molecule has 0 aliphatic heterocycles. The lowest BCUT2D eigenvalue weighted by atomic mass is 9.86. The van der Waals surface area contributed by atoms with Crippen molar-refractivity contribution in [2.75, 3.05) is 30.9 Å². The lowest BCUT2D eigenvalue weighted by molar-refractivity contribution is -0.136. The van der Waals surface area contributed by atoms with Crippen LogP contribution in [0.4, 0.5) is 11.5 Å². The number of hydrogen-bond donors (Lipinski definition) is 2. The lowest BCUT2D eigenvalue weighted by Crippen LogP contribution is -2.36. The van der Waals surface area contributed by atoms with Crippen LogP contribution in [0.5, 0.6) is 0 Å². The number of anilines is 2. The minimum Gasteiger partial charge on any atom is -0.363 e. The summed E-state index contributed by atoms with van der Waals surface area (Å²) in [5.41, 5.74) is 2.99. The fraction of sp³-hybridized carbons (Fsp3) is 0.381. The third kappa shape index (κ3) is 6.09. The number of carbonyl (C=O) groups excluding carboxylic acids is 2. The van der Waals surface area contributed by atoms with Crippen LogP contribution in [0, 0.1) is 0 Å².